The molecule has 1 atom stereocenters. The number of urea groups is 1. The van der Waals surface area contributed by atoms with Gasteiger partial charge in [0.1, 0.15) is 5.75 Å². The lowest BCUT2D eigenvalue weighted by Crippen LogP contribution is -2.38. The standard InChI is InChI=1S/C20H24N2O4/c1-14(16-6-9-18-19(12-16)26-11-3-10-25-18)21-20(24)22(2)13-15-4-7-17(23)8-5-15/h4-9,12,14,23H,3,10-11,13H2,1-2H3,(H,21,24). The molecule has 0 fully saturated rings. The zero-order chi connectivity index (χ0) is 18.5. The van der Waals surface area contributed by atoms with Gasteiger partial charge in [-0.15, -0.1) is 0 Å². The van der Waals surface area contributed by atoms with Crippen LogP contribution in [-0.2, 0) is 6.54 Å². The van der Waals surface area contributed by atoms with Crippen LogP contribution in [0.1, 0.15) is 30.5 Å². The number of aromatic hydroxyl groups is 1. The number of phenols is 1. The summed E-state index contributed by atoms with van der Waals surface area (Å²) in [5, 5.41) is 12.3. The number of nitrogens with one attached hydrogen (secondary N) is 1. The third-order valence-electron chi connectivity index (χ3n) is 4.31. The molecule has 2 aromatic rings. The topological polar surface area (TPSA) is 71.0 Å². The van der Waals surface area contributed by atoms with Crippen LogP contribution in [0, 0.1) is 0 Å². The zero-order valence-corrected chi connectivity index (χ0v) is 15.1. The Morgan fingerprint density at radius 2 is 1.85 bits per heavy atom. The number of hydrogen-bond donors (Lipinski definition) is 2. The van der Waals surface area contributed by atoms with Gasteiger partial charge in [0.25, 0.3) is 0 Å². The van der Waals surface area contributed by atoms with Gasteiger partial charge in [0, 0.05) is 20.0 Å². The largest absolute Gasteiger partial charge is 0.508 e. The molecule has 0 saturated heterocycles. The van der Waals surface area contributed by atoms with Crippen LogP contribution in [-0.4, -0.2) is 36.3 Å². The summed E-state index contributed by atoms with van der Waals surface area (Å²) in [6.45, 7) is 3.68. The third kappa shape index (κ3) is 4.39. The van der Waals surface area contributed by atoms with Gasteiger partial charge < -0.3 is 24.8 Å². The second-order valence-corrected chi connectivity index (χ2v) is 6.45. The van der Waals surface area contributed by atoms with E-state index in [-0.39, 0.29) is 17.8 Å². The smallest absolute Gasteiger partial charge is 0.317 e. The molecule has 6 heteroatoms. The number of rotatable bonds is 4. The average molecular weight is 356 g/mol. The van der Waals surface area contributed by atoms with Crippen molar-refractivity contribution in [3.8, 4) is 17.2 Å². The Kier molecular flexibility index (Phi) is 5.51. The number of amides is 2. The predicted octanol–water partition coefficient (Wildman–Crippen LogP) is 3.46. The maximum atomic E-state index is 12.5. The minimum absolute atomic E-state index is 0.165. The van der Waals surface area contributed by atoms with Gasteiger partial charge >= 0.3 is 6.03 Å². The first kappa shape index (κ1) is 17.9. The second-order valence-electron chi connectivity index (χ2n) is 6.45. The highest BCUT2D eigenvalue weighted by Gasteiger charge is 2.17. The van der Waals surface area contributed by atoms with Crippen LogP contribution in [0.3, 0.4) is 0 Å². The molecule has 0 bridgehead atoms. The summed E-state index contributed by atoms with van der Waals surface area (Å²) >= 11 is 0. The van der Waals surface area contributed by atoms with E-state index in [0.717, 1.165) is 29.0 Å². The molecule has 0 aromatic heterocycles. The van der Waals surface area contributed by atoms with Crippen molar-refractivity contribution in [2.45, 2.75) is 25.9 Å². The Labute approximate surface area is 153 Å². The molecular formula is C20H24N2O4. The fourth-order valence-corrected chi connectivity index (χ4v) is 2.77. The van der Waals surface area contributed by atoms with Crippen molar-refractivity contribution in [1.29, 1.82) is 0 Å². The van der Waals surface area contributed by atoms with Gasteiger partial charge in [0.05, 0.1) is 19.3 Å². The molecule has 2 amide bonds. The summed E-state index contributed by atoms with van der Waals surface area (Å²) in [5.74, 6) is 1.68. The molecule has 138 valence electrons. The summed E-state index contributed by atoms with van der Waals surface area (Å²) < 4.78 is 11.4. The Morgan fingerprint density at radius 3 is 2.58 bits per heavy atom. The number of ether oxygens (including phenoxy) is 2. The number of carbonyl (C=O) groups is 1. The molecule has 1 aliphatic rings. The van der Waals surface area contributed by atoms with Gasteiger partial charge in [-0.3, -0.25) is 0 Å². The number of nitrogens with zero attached hydrogens (tertiary/aromatic N) is 1. The summed E-state index contributed by atoms with van der Waals surface area (Å²) in [5.41, 5.74) is 1.91. The third-order valence-corrected chi connectivity index (χ3v) is 4.31. The summed E-state index contributed by atoms with van der Waals surface area (Å²) in [4.78, 5) is 14.1. The Hall–Kier alpha value is -2.89. The minimum Gasteiger partial charge on any atom is -0.508 e. The predicted molar refractivity (Wildman–Crippen MR) is 98.6 cm³/mol. The van der Waals surface area contributed by atoms with E-state index < -0.39 is 0 Å². The van der Waals surface area contributed by atoms with Crippen molar-refractivity contribution in [2.24, 2.45) is 0 Å². The van der Waals surface area contributed by atoms with Crippen LogP contribution in [0.25, 0.3) is 0 Å². The first-order chi connectivity index (χ1) is 12.5. The van der Waals surface area contributed by atoms with Crippen molar-refractivity contribution in [3.05, 3.63) is 53.6 Å². The van der Waals surface area contributed by atoms with Crippen LogP contribution in [0.15, 0.2) is 42.5 Å². The average Bonchev–Trinajstić information content (AvgIpc) is 2.88. The van der Waals surface area contributed by atoms with E-state index in [1.807, 2.05) is 25.1 Å². The quantitative estimate of drug-likeness (QED) is 0.880. The Bertz CT molecular complexity index is 761. The van der Waals surface area contributed by atoms with E-state index in [2.05, 4.69) is 5.32 Å². The van der Waals surface area contributed by atoms with E-state index >= 15 is 0 Å². The van der Waals surface area contributed by atoms with Crippen LogP contribution >= 0.6 is 0 Å². The van der Waals surface area contributed by atoms with Gasteiger partial charge in [-0.2, -0.15) is 0 Å². The van der Waals surface area contributed by atoms with E-state index in [4.69, 9.17) is 9.47 Å². The molecule has 1 unspecified atom stereocenters. The molecule has 0 radical (unpaired) electrons. The molecule has 26 heavy (non-hydrogen) atoms. The van der Waals surface area contributed by atoms with Crippen molar-refractivity contribution in [2.75, 3.05) is 20.3 Å². The number of phenolic OH excluding ortho intramolecular Hbond substituents is 1. The lowest BCUT2D eigenvalue weighted by atomic mass is 10.1. The molecule has 1 aliphatic heterocycles. The molecule has 6 nitrogen and oxygen atoms in total. The Morgan fingerprint density at radius 1 is 1.15 bits per heavy atom. The number of hydrogen-bond acceptors (Lipinski definition) is 4. The highest BCUT2D eigenvalue weighted by Crippen LogP contribution is 2.32. The van der Waals surface area contributed by atoms with Crippen molar-refractivity contribution >= 4 is 6.03 Å². The van der Waals surface area contributed by atoms with Crippen LogP contribution in [0.5, 0.6) is 17.2 Å². The summed E-state index contributed by atoms with van der Waals surface area (Å²) in [6, 6.07) is 12.2. The fourth-order valence-electron chi connectivity index (χ4n) is 2.77. The van der Waals surface area contributed by atoms with Gasteiger partial charge in [-0.1, -0.05) is 18.2 Å². The normalized spacial score (nSPS) is 14.2. The van der Waals surface area contributed by atoms with Crippen molar-refractivity contribution in [3.63, 3.8) is 0 Å². The van der Waals surface area contributed by atoms with Gasteiger partial charge in [-0.05, 0) is 42.3 Å². The zero-order valence-electron chi connectivity index (χ0n) is 15.1. The molecule has 3 rings (SSSR count). The van der Waals surface area contributed by atoms with E-state index in [9.17, 15) is 9.90 Å². The lowest BCUT2D eigenvalue weighted by molar-refractivity contribution is 0.203. The molecule has 0 saturated carbocycles. The summed E-state index contributed by atoms with van der Waals surface area (Å²) in [6.07, 6.45) is 0.859. The molecule has 0 spiro atoms. The van der Waals surface area contributed by atoms with Crippen molar-refractivity contribution < 1.29 is 19.4 Å². The minimum atomic E-state index is -0.169. The monoisotopic (exact) mass is 356 g/mol. The van der Waals surface area contributed by atoms with E-state index in [1.54, 1.807) is 36.2 Å². The van der Waals surface area contributed by atoms with E-state index in [0.29, 0.717) is 19.8 Å². The molecule has 2 N–H and O–H groups in total. The number of fused-ring (bicyclic) bond motifs is 1. The van der Waals surface area contributed by atoms with Crippen LogP contribution in [0.4, 0.5) is 4.79 Å². The van der Waals surface area contributed by atoms with Crippen molar-refractivity contribution in [1.82, 2.24) is 10.2 Å². The first-order valence-corrected chi connectivity index (χ1v) is 8.72. The highest BCUT2D eigenvalue weighted by atomic mass is 16.5. The lowest BCUT2D eigenvalue weighted by Gasteiger charge is -2.22. The van der Waals surface area contributed by atoms with Crippen LogP contribution < -0.4 is 14.8 Å². The number of benzene rings is 2. The van der Waals surface area contributed by atoms with Gasteiger partial charge in [0.15, 0.2) is 11.5 Å². The second kappa shape index (κ2) is 7.99. The Balaban J connectivity index is 1.61. The number of carbonyl (C=O) groups excluding carboxylic acids is 1. The maximum absolute atomic E-state index is 12.5. The highest BCUT2D eigenvalue weighted by molar-refractivity contribution is 5.74. The summed E-state index contributed by atoms with van der Waals surface area (Å²) in [7, 11) is 1.74. The molecule has 2 aromatic carbocycles. The van der Waals surface area contributed by atoms with Crippen LogP contribution in [0.2, 0.25) is 0 Å². The molecule has 0 aliphatic carbocycles. The van der Waals surface area contributed by atoms with Gasteiger partial charge in [0.2, 0.25) is 0 Å². The van der Waals surface area contributed by atoms with Gasteiger partial charge in [-0.25, -0.2) is 4.79 Å². The molecule has 1 heterocycles. The molecular weight excluding hydrogens is 332 g/mol. The SMILES string of the molecule is CC(NC(=O)N(C)Cc1ccc(O)cc1)c1ccc2c(c1)OCCCO2. The maximum Gasteiger partial charge on any atom is 0.317 e. The first-order valence-electron chi connectivity index (χ1n) is 8.72. The van der Waals surface area contributed by atoms with E-state index in [1.165, 1.54) is 0 Å². The fraction of sp³-hybridized carbons (Fsp3) is 0.350.